The lowest BCUT2D eigenvalue weighted by molar-refractivity contribution is -0.122. The van der Waals surface area contributed by atoms with Crippen LogP contribution in [0.5, 0.6) is 11.5 Å². The Bertz CT molecular complexity index is 1100. The van der Waals surface area contributed by atoms with E-state index in [1.54, 1.807) is 61.5 Å². The first-order valence-electron chi connectivity index (χ1n) is 10.2. The Morgan fingerprint density at radius 3 is 2.34 bits per heavy atom. The molecular weight excluding hydrogens is 428 g/mol. The summed E-state index contributed by atoms with van der Waals surface area (Å²) in [6.07, 6.45) is -0.744. The number of hydrogen-bond acceptors (Lipinski definition) is 4. The zero-order valence-corrected chi connectivity index (χ0v) is 18.9. The maximum atomic E-state index is 12.6. The molecule has 3 aromatic rings. The number of amides is 2. The van der Waals surface area contributed by atoms with Crippen molar-refractivity contribution in [3.63, 3.8) is 0 Å². The molecule has 0 aromatic heterocycles. The van der Waals surface area contributed by atoms with Crippen molar-refractivity contribution >= 4 is 34.8 Å². The van der Waals surface area contributed by atoms with E-state index in [2.05, 4.69) is 10.6 Å². The van der Waals surface area contributed by atoms with E-state index in [-0.39, 0.29) is 11.8 Å². The van der Waals surface area contributed by atoms with Gasteiger partial charge in [0.05, 0.1) is 12.3 Å². The van der Waals surface area contributed by atoms with Gasteiger partial charge in [0.1, 0.15) is 11.5 Å². The highest BCUT2D eigenvalue weighted by molar-refractivity contribution is 6.31. The largest absolute Gasteiger partial charge is 0.492 e. The lowest BCUT2D eigenvalue weighted by atomic mass is 10.2. The number of benzene rings is 3. The molecule has 32 heavy (non-hydrogen) atoms. The molecule has 0 saturated heterocycles. The molecule has 0 aliphatic rings. The normalized spacial score (nSPS) is 11.4. The van der Waals surface area contributed by atoms with Crippen LogP contribution in [0, 0.1) is 6.92 Å². The van der Waals surface area contributed by atoms with E-state index >= 15 is 0 Å². The Labute approximate surface area is 192 Å². The summed E-state index contributed by atoms with van der Waals surface area (Å²) in [7, 11) is 0. The zero-order chi connectivity index (χ0) is 23.1. The third-order valence-electron chi connectivity index (χ3n) is 4.76. The van der Waals surface area contributed by atoms with Crippen molar-refractivity contribution in [1.82, 2.24) is 0 Å². The van der Waals surface area contributed by atoms with Crippen LogP contribution in [0.25, 0.3) is 0 Å². The van der Waals surface area contributed by atoms with Crippen LogP contribution >= 0.6 is 11.6 Å². The van der Waals surface area contributed by atoms with Gasteiger partial charge in [0.15, 0.2) is 6.10 Å². The molecule has 1 atom stereocenters. The molecule has 1 unspecified atom stereocenters. The van der Waals surface area contributed by atoms with E-state index in [0.29, 0.717) is 40.1 Å². The number of anilines is 2. The molecule has 3 rings (SSSR count). The molecule has 0 saturated carbocycles. The molecule has 0 bridgehead atoms. The van der Waals surface area contributed by atoms with Crippen molar-refractivity contribution < 1.29 is 19.1 Å². The Morgan fingerprint density at radius 2 is 1.62 bits per heavy atom. The fourth-order valence-electron chi connectivity index (χ4n) is 2.97. The molecule has 0 aliphatic carbocycles. The van der Waals surface area contributed by atoms with Gasteiger partial charge in [-0.25, -0.2) is 0 Å². The Hall–Kier alpha value is -3.51. The number of nitrogens with one attached hydrogen (secondary N) is 2. The van der Waals surface area contributed by atoms with E-state index in [1.165, 1.54) is 0 Å². The standard InChI is InChI=1S/C25H25ClN2O4/c1-4-31-23-11-6-5-9-22(23)28-25(30)18-12-14-19(15-13-18)32-17(3)24(29)27-21-10-7-8-20(26)16(21)2/h5-15,17H,4H2,1-3H3,(H,27,29)(H,28,30). The Kier molecular flexibility index (Phi) is 7.73. The van der Waals surface area contributed by atoms with Crippen LogP contribution in [-0.4, -0.2) is 24.5 Å². The van der Waals surface area contributed by atoms with Crippen LogP contribution in [0.3, 0.4) is 0 Å². The van der Waals surface area contributed by atoms with E-state index in [0.717, 1.165) is 5.56 Å². The minimum absolute atomic E-state index is 0.272. The number of halogens is 1. The molecule has 7 heteroatoms. The molecule has 0 fully saturated rings. The molecule has 6 nitrogen and oxygen atoms in total. The second-order valence-corrected chi connectivity index (χ2v) is 7.48. The van der Waals surface area contributed by atoms with Gasteiger partial charge in [0.25, 0.3) is 11.8 Å². The molecular formula is C25H25ClN2O4. The van der Waals surface area contributed by atoms with Gasteiger partial charge in [-0.2, -0.15) is 0 Å². The molecule has 166 valence electrons. The smallest absolute Gasteiger partial charge is 0.265 e. The van der Waals surface area contributed by atoms with Crippen molar-refractivity contribution in [3.05, 3.63) is 82.9 Å². The summed E-state index contributed by atoms with van der Waals surface area (Å²) in [6, 6.07) is 19.1. The first kappa shape index (κ1) is 23.2. The molecule has 0 radical (unpaired) electrons. The third-order valence-corrected chi connectivity index (χ3v) is 5.17. The van der Waals surface area contributed by atoms with Gasteiger partial charge >= 0.3 is 0 Å². The van der Waals surface area contributed by atoms with E-state index in [1.807, 2.05) is 26.0 Å². The molecule has 3 aromatic carbocycles. The van der Waals surface area contributed by atoms with Crippen LogP contribution in [0.4, 0.5) is 11.4 Å². The zero-order valence-electron chi connectivity index (χ0n) is 18.1. The lowest BCUT2D eigenvalue weighted by Crippen LogP contribution is -2.30. The van der Waals surface area contributed by atoms with Gasteiger partial charge in [-0.15, -0.1) is 0 Å². The summed E-state index contributed by atoms with van der Waals surface area (Å²) in [6.45, 7) is 5.87. The summed E-state index contributed by atoms with van der Waals surface area (Å²) in [5.74, 6) is 0.510. The Morgan fingerprint density at radius 1 is 0.938 bits per heavy atom. The van der Waals surface area contributed by atoms with Gasteiger partial charge in [-0.3, -0.25) is 9.59 Å². The van der Waals surface area contributed by atoms with Crippen molar-refractivity contribution in [2.45, 2.75) is 26.9 Å². The van der Waals surface area contributed by atoms with Crippen molar-refractivity contribution in [3.8, 4) is 11.5 Å². The van der Waals surface area contributed by atoms with Crippen molar-refractivity contribution in [2.75, 3.05) is 17.2 Å². The van der Waals surface area contributed by atoms with Gasteiger partial charge in [-0.1, -0.05) is 29.8 Å². The topological polar surface area (TPSA) is 76.7 Å². The van der Waals surface area contributed by atoms with Gasteiger partial charge in [0.2, 0.25) is 0 Å². The maximum absolute atomic E-state index is 12.6. The van der Waals surface area contributed by atoms with Crippen LogP contribution in [0.1, 0.15) is 29.8 Å². The maximum Gasteiger partial charge on any atom is 0.265 e. The highest BCUT2D eigenvalue weighted by atomic mass is 35.5. The summed E-state index contributed by atoms with van der Waals surface area (Å²) >= 11 is 6.10. The average molecular weight is 453 g/mol. The highest BCUT2D eigenvalue weighted by Crippen LogP contribution is 2.25. The number of hydrogen-bond donors (Lipinski definition) is 2. The quantitative estimate of drug-likeness (QED) is 0.459. The van der Waals surface area contributed by atoms with Gasteiger partial charge < -0.3 is 20.1 Å². The first-order chi connectivity index (χ1) is 15.4. The minimum atomic E-state index is -0.744. The summed E-state index contributed by atoms with van der Waals surface area (Å²) < 4.78 is 11.3. The van der Waals surface area contributed by atoms with Crippen LogP contribution in [-0.2, 0) is 4.79 Å². The van der Waals surface area contributed by atoms with E-state index in [4.69, 9.17) is 21.1 Å². The second-order valence-electron chi connectivity index (χ2n) is 7.07. The third kappa shape index (κ3) is 5.80. The minimum Gasteiger partial charge on any atom is -0.492 e. The predicted octanol–water partition coefficient (Wildman–Crippen LogP) is 5.71. The van der Waals surface area contributed by atoms with Gasteiger partial charge in [-0.05, 0) is 74.9 Å². The number of carbonyl (C=O) groups is 2. The molecule has 0 spiro atoms. The fourth-order valence-corrected chi connectivity index (χ4v) is 3.14. The van der Waals surface area contributed by atoms with Crippen molar-refractivity contribution in [2.24, 2.45) is 0 Å². The summed E-state index contributed by atoms with van der Waals surface area (Å²) in [5, 5.41) is 6.24. The number of carbonyl (C=O) groups excluding carboxylic acids is 2. The number of para-hydroxylation sites is 2. The first-order valence-corrected chi connectivity index (χ1v) is 10.6. The Balaban J connectivity index is 1.61. The molecule has 2 N–H and O–H groups in total. The highest BCUT2D eigenvalue weighted by Gasteiger charge is 2.17. The van der Waals surface area contributed by atoms with E-state index in [9.17, 15) is 9.59 Å². The monoisotopic (exact) mass is 452 g/mol. The van der Waals surface area contributed by atoms with E-state index < -0.39 is 6.10 Å². The van der Waals surface area contributed by atoms with Crippen LogP contribution < -0.4 is 20.1 Å². The average Bonchev–Trinajstić information content (AvgIpc) is 2.78. The van der Waals surface area contributed by atoms with Gasteiger partial charge in [0, 0.05) is 16.3 Å². The molecule has 2 amide bonds. The number of ether oxygens (including phenoxy) is 2. The van der Waals surface area contributed by atoms with Crippen LogP contribution in [0.15, 0.2) is 66.7 Å². The SMILES string of the molecule is CCOc1ccccc1NC(=O)c1ccc(OC(C)C(=O)Nc2cccc(Cl)c2C)cc1. The number of rotatable bonds is 8. The molecule has 0 heterocycles. The van der Waals surface area contributed by atoms with Crippen LogP contribution in [0.2, 0.25) is 5.02 Å². The second kappa shape index (κ2) is 10.7. The summed E-state index contributed by atoms with van der Waals surface area (Å²) in [5.41, 5.74) is 2.48. The molecule has 0 aliphatic heterocycles. The lowest BCUT2D eigenvalue weighted by Gasteiger charge is -2.16. The fraction of sp³-hybridized carbons (Fsp3) is 0.200. The summed E-state index contributed by atoms with van der Waals surface area (Å²) in [4.78, 5) is 25.1. The van der Waals surface area contributed by atoms with Crippen molar-refractivity contribution in [1.29, 1.82) is 0 Å². The predicted molar refractivity (Wildman–Crippen MR) is 127 cm³/mol.